The van der Waals surface area contributed by atoms with Gasteiger partial charge in [-0.05, 0) is 86.4 Å². The zero-order valence-corrected chi connectivity index (χ0v) is 22.4. The molecule has 0 saturated carbocycles. The molecule has 3 heterocycles. The van der Waals surface area contributed by atoms with E-state index in [0.29, 0.717) is 6.54 Å². The molecule has 7 heteroatoms. The van der Waals surface area contributed by atoms with Gasteiger partial charge in [-0.15, -0.1) is 0 Å². The zero-order chi connectivity index (χ0) is 26.8. The number of benzene rings is 3. The summed E-state index contributed by atoms with van der Waals surface area (Å²) in [4.78, 5) is 9.70. The van der Waals surface area contributed by atoms with Crippen molar-refractivity contribution in [3.05, 3.63) is 95.3 Å². The minimum absolute atomic E-state index is 0.113. The highest BCUT2D eigenvalue weighted by atomic mass is 19.1. The number of anilines is 2. The topological polar surface area (TPSA) is 13.0 Å². The van der Waals surface area contributed by atoms with E-state index in [4.69, 9.17) is 0 Å². The van der Waals surface area contributed by atoms with E-state index >= 15 is 0 Å². The first-order valence-corrected chi connectivity index (χ1v) is 14.3. The summed E-state index contributed by atoms with van der Waals surface area (Å²) in [6.45, 7) is 8.79. The maximum Gasteiger partial charge on any atom is 0.127 e. The third-order valence-corrected chi connectivity index (χ3v) is 8.76. The molecular weight excluding hydrogens is 497 g/mol. The molecule has 2 atom stereocenters. The van der Waals surface area contributed by atoms with Crippen LogP contribution in [0.3, 0.4) is 0 Å². The molecule has 2 unspecified atom stereocenters. The van der Waals surface area contributed by atoms with Gasteiger partial charge in [0.15, 0.2) is 0 Å². The summed E-state index contributed by atoms with van der Waals surface area (Å²) in [6.07, 6.45) is 3.30. The van der Waals surface area contributed by atoms with Crippen LogP contribution in [0, 0.1) is 17.5 Å². The molecule has 0 aromatic heterocycles. The van der Waals surface area contributed by atoms with Crippen molar-refractivity contribution in [2.75, 3.05) is 57.3 Å². The fourth-order valence-corrected chi connectivity index (χ4v) is 6.69. The first kappa shape index (κ1) is 26.4. The number of nitrogens with zero attached hydrogens (tertiary/aromatic N) is 4. The molecule has 39 heavy (non-hydrogen) atoms. The molecule has 0 bridgehead atoms. The van der Waals surface area contributed by atoms with Gasteiger partial charge in [-0.3, -0.25) is 4.90 Å². The van der Waals surface area contributed by atoms with Crippen molar-refractivity contribution in [2.45, 2.75) is 37.8 Å². The summed E-state index contributed by atoms with van der Waals surface area (Å²) in [7, 11) is 0. The quantitative estimate of drug-likeness (QED) is 0.328. The predicted octanol–water partition coefficient (Wildman–Crippen LogP) is 6.01. The normalized spacial score (nSPS) is 22.2. The van der Waals surface area contributed by atoms with Gasteiger partial charge in [-0.1, -0.05) is 18.2 Å². The van der Waals surface area contributed by atoms with Crippen LogP contribution < -0.4 is 4.90 Å². The maximum atomic E-state index is 14.3. The van der Waals surface area contributed by atoms with Crippen molar-refractivity contribution < 1.29 is 13.2 Å². The SMILES string of the molecule is Fc1ccc(N2c3ccc(F)cc3C3CN(CCCCN4CCN(Cc5ccccc5F)CC4)CCC32)cc1. The summed E-state index contributed by atoms with van der Waals surface area (Å²) in [5.41, 5.74) is 3.87. The van der Waals surface area contributed by atoms with Crippen LogP contribution in [-0.4, -0.2) is 73.1 Å². The Labute approximate surface area is 229 Å². The molecule has 206 valence electrons. The molecule has 3 aromatic rings. The summed E-state index contributed by atoms with van der Waals surface area (Å²) in [5.74, 6) is -0.303. The lowest BCUT2D eigenvalue weighted by Crippen LogP contribution is -2.46. The number of halogens is 3. The van der Waals surface area contributed by atoms with Crippen LogP contribution in [-0.2, 0) is 6.54 Å². The van der Waals surface area contributed by atoms with Crippen LogP contribution in [0.5, 0.6) is 0 Å². The molecule has 6 rings (SSSR count). The molecular formula is C32H37F3N4. The number of hydrogen-bond acceptors (Lipinski definition) is 4. The van der Waals surface area contributed by atoms with E-state index in [-0.39, 0.29) is 29.4 Å². The number of rotatable bonds is 8. The molecule has 3 aliphatic rings. The molecule has 0 spiro atoms. The average Bonchev–Trinajstić information content (AvgIpc) is 3.26. The van der Waals surface area contributed by atoms with Crippen LogP contribution in [0.4, 0.5) is 24.5 Å². The third kappa shape index (κ3) is 5.86. The van der Waals surface area contributed by atoms with E-state index in [1.54, 1.807) is 18.2 Å². The molecule has 2 saturated heterocycles. The van der Waals surface area contributed by atoms with E-state index in [9.17, 15) is 13.2 Å². The molecule has 3 aromatic carbocycles. The van der Waals surface area contributed by atoms with Crippen molar-refractivity contribution >= 4 is 11.4 Å². The molecule has 3 aliphatic heterocycles. The average molecular weight is 535 g/mol. The number of hydrogen-bond donors (Lipinski definition) is 0. The minimum Gasteiger partial charge on any atom is -0.337 e. The van der Waals surface area contributed by atoms with Crippen molar-refractivity contribution in [3.8, 4) is 0 Å². The highest BCUT2D eigenvalue weighted by Gasteiger charge is 2.42. The van der Waals surface area contributed by atoms with Gasteiger partial charge < -0.3 is 14.7 Å². The Kier molecular flexibility index (Phi) is 7.91. The Morgan fingerprint density at radius 2 is 1.38 bits per heavy atom. The number of unbranched alkanes of at least 4 members (excludes halogenated alkanes) is 1. The zero-order valence-electron chi connectivity index (χ0n) is 22.4. The summed E-state index contributed by atoms with van der Waals surface area (Å²) >= 11 is 0. The van der Waals surface area contributed by atoms with Crippen LogP contribution in [0.15, 0.2) is 66.7 Å². The molecule has 0 radical (unpaired) electrons. The summed E-state index contributed by atoms with van der Waals surface area (Å²) in [5, 5.41) is 0. The Hall–Kier alpha value is -2.87. The van der Waals surface area contributed by atoms with Crippen molar-refractivity contribution in [1.82, 2.24) is 14.7 Å². The van der Waals surface area contributed by atoms with Crippen LogP contribution in [0.2, 0.25) is 0 Å². The van der Waals surface area contributed by atoms with Gasteiger partial charge in [0.25, 0.3) is 0 Å². The first-order valence-electron chi connectivity index (χ1n) is 14.3. The Morgan fingerprint density at radius 3 is 2.15 bits per heavy atom. The van der Waals surface area contributed by atoms with E-state index in [0.717, 1.165) is 94.1 Å². The van der Waals surface area contributed by atoms with E-state index < -0.39 is 0 Å². The largest absolute Gasteiger partial charge is 0.337 e. The van der Waals surface area contributed by atoms with Gasteiger partial charge in [0, 0.05) is 74.7 Å². The van der Waals surface area contributed by atoms with E-state index in [2.05, 4.69) is 19.6 Å². The van der Waals surface area contributed by atoms with Crippen molar-refractivity contribution in [2.24, 2.45) is 0 Å². The molecule has 0 amide bonds. The molecule has 2 fully saturated rings. The van der Waals surface area contributed by atoms with E-state index in [1.165, 1.54) is 18.2 Å². The highest BCUT2D eigenvalue weighted by Crippen LogP contribution is 2.48. The van der Waals surface area contributed by atoms with E-state index in [1.807, 2.05) is 30.3 Å². The third-order valence-electron chi connectivity index (χ3n) is 8.76. The van der Waals surface area contributed by atoms with Crippen molar-refractivity contribution in [1.29, 1.82) is 0 Å². The smallest absolute Gasteiger partial charge is 0.127 e. The highest BCUT2D eigenvalue weighted by molar-refractivity contribution is 5.73. The monoisotopic (exact) mass is 534 g/mol. The van der Waals surface area contributed by atoms with Gasteiger partial charge in [-0.2, -0.15) is 0 Å². The van der Waals surface area contributed by atoms with Crippen LogP contribution in [0.1, 0.15) is 36.3 Å². The fourth-order valence-electron chi connectivity index (χ4n) is 6.69. The second kappa shape index (κ2) is 11.7. The maximum absolute atomic E-state index is 14.3. The molecule has 0 aliphatic carbocycles. The Morgan fingerprint density at radius 1 is 0.692 bits per heavy atom. The van der Waals surface area contributed by atoms with Crippen molar-refractivity contribution in [3.63, 3.8) is 0 Å². The van der Waals surface area contributed by atoms with Gasteiger partial charge in [0.1, 0.15) is 17.5 Å². The minimum atomic E-state index is -0.243. The van der Waals surface area contributed by atoms with Gasteiger partial charge in [-0.25, -0.2) is 13.2 Å². The lowest BCUT2D eigenvalue weighted by atomic mass is 9.89. The van der Waals surface area contributed by atoms with Gasteiger partial charge >= 0.3 is 0 Å². The summed E-state index contributed by atoms with van der Waals surface area (Å²) < 4.78 is 41.8. The second-order valence-electron chi connectivity index (χ2n) is 11.2. The lowest BCUT2D eigenvalue weighted by molar-refractivity contribution is 0.122. The van der Waals surface area contributed by atoms with Gasteiger partial charge in [0.2, 0.25) is 0 Å². The lowest BCUT2D eigenvalue weighted by Gasteiger charge is -2.39. The predicted molar refractivity (Wildman–Crippen MR) is 150 cm³/mol. The van der Waals surface area contributed by atoms with Gasteiger partial charge in [0.05, 0.1) is 0 Å². The number of fused-ring (bicyclic) bond motifs is 3. The number of piperidine rings is 1. The Balaban J connectivity index is 0.983. The number of piperazine rings is 1. The Bertz CT molecular complexity index is 1260. The second-order valence-corrected chi connectivity index (χ2v) is 11.2. The number of likely N-dealkylation sites (tertiary alicyclic amines) is 1. The molecule has 0 N–H and O–H groups in total. The van der Waals surface area contributed by atoms with Crippen LogP contribution in [0.25, 0.3) is 0 Å². The van der Waals surface area contributed by atoms with Crippen LogP contribution >= 0.6 is 0 Å². The molecule has 4 nitrogen and oxygen atoms in total. The fraction of sp³-hybridized carbons (Fsp3) is 0.438. The summed E-state index contributed by atoms with van der Waals surface area (Å²) in [6, 6.07) is 19.1. The first-order chi connectivity index (χ1) is 19.0. The standard InChI is InChI=1S/C32H37F3N4/c33-25-7-10-27(11-8-25)39-31-12-9-26(34)21-28(31)29-23-37(16-13-32(29)39)15-4-3-14-36-17-19-38(20-18-36)22-24-5-1-2-6-30(24)35/h1-2,5-12,21,29,32H,3-4,13-20,22-23H2.